The molecule has 4 fully saturated rings. The first-order valence-electron chi connectivity index (χ1n) is 13.0. The number of Topliss-reactive ketones (excluding diaryl/α,β-unsaturated/α-hetero) is 1. The number of fused-ring (bicyclic) bond motifs is 5. The summed E-state index contributed by atoms with van der Waals surface area (Å²) in [5.41, 5.74) is -0.367. The highest BCUT2D eigenvalue weighted by Crippen LogP contribution is 2.67. The minimum Gasteiger partial charge on any atom is -0.390 e. The first-order valence-corrected chi connectivity index (χ1v) is 13.0. The Labute approximate surface area is 189 Å². The predicted octanol–water partition coefficient (Wildman–Crippen LogP) is 4.73. The lowest BCUT2D eigenvalue weighted by atomic mass is 9.43. The van der Waals surface area contributed by atoms with Crippen LogP contribution in [-0.2, 0) is 4.79 Å². The third kappa shape index (κ3) is 3.93. The van der Waals surface area contributed by atoms with Crippen molar-refractivity contribution >= 4 is 5.78 Å². The molecule has 0 spiro atoms. The lowest BCUT2D eigenvalue weighted by molar-refractivity contribution is -0.182. The summed E-state index contributed by atoms with van der Waals surface area (Å²) >= 11 is 0. The Bertz CT molecular complexity index is 683. The van der Waals surface area contributed by atoms with E-state index in [-0.39, 0.29) is 22.7 Å². The average Bonchev–Trinajstić information content (AvgIpc) is 3.03. The van der Waals surface area contributed by atoms with Gasteiger partial charge in [0.15, 0.2) is 0 Å². The normalized spacial score (nSPS) is 48.6. The highest BCUT2D eigenvalue weighted by molar-refractivity contribution is 5.83. The number of ketones is 1. The van der Waals surface area contributed by atoms with Gasteiger partial charge in [0, 0.05) is 12.3 Å². The molecule has 3 N–H and O–H groups in total. The van der Waals surface area contributed by atoms with E-state index < -0.39 is 17.8 Å². The van der Waals surface area contributed by atoms with Crippen LogP contribution in [0.1, 0.15) is 98.8 Å². The van der Waals surface area contributed by atoms with Crippen molar-refractivity contribution in [2.45, 2.75) is 117 Å². The molecule has 4 aliphatic carbocycles. The summed E-state index contributed by atoms with van der Waals surface area (Å²) < 4.78 is 0. The summed E-state index contributed by atoms with van der Waals surface area (Å²) in [5.74, 6) is 2.57. The second-order valence-corrected chi connectivity index (χ2v) is 13.0. The van der Waals surface area contributed by atoms with E-state index in [4.69, 9.17) is 0 Å². The maximum atomic E-state index is 13.5. The van der Waals surface area contributed by atoms with Crippen molar-refractivity contribution in [1.82, 2.24) is 0 Å². The predicted molar refractivity (Wildman–Crippen MR) is 122 cm³/mol. The van der Waals surface area contributed by atoms with E-state index >= 15 is 0 Å². The van der Waals surface area contributed by atoms with Gasteiger partial charge in [-0.3, -0.25) is 4.79 Å². The third-order valence-corrected chi connectivity index (χ3v) is 10.8. The van der Waals surface area contributed by atoms with E-state index in [1.807, 2.05) is 13.8 Å². The first kappa shape index (κ1) is 23.7. The molecule has 0 bridgehead atoms. The SMILES string of the molecule is CC(CCCC(C)(C)O)[C@H]1CC[C@H]2[C@@H]3C(=O)CC4[C@@H](O)[C@@H](O)CC[C@]4(C)[C@H]3CC[C@]12C. The monoisotopic (exact) mass is 434 g/mol. The molecule has 4 rings (SSSR count). The van der Waals surface area contributed by atoms with Crippen LogP contribution in [0.15, 0.2) is 0 Å². The van der Waals surface area contributed by atoms with Crippen LogP contribution in [0, 0.1) is 46.3 Å². The van der Waals surface area contributed by atoms with Gasteiger partial charge in [-0.25, -0.2) is 0 Å². The van der Waals surface area contributed by atoms with Gasteiger partial charge in [0.2, 0.25) is 0 Å². The summed E-state index contributed by atoms with van der Waals surface area (Å²) in [6, 6.07) is 0. The maximum Gasteiger partial charge on any atom is 0.136 e. The Balaban J connectivity index is 1.51. The molecule has 0 saturated heterocycles. The number of hydrogen-bond donors (Lipinski definition) is 3. The fourth-order valence-electron chi connectivity index (χ4n) is 9.00. The molecular formula is C27H46O4. The molecule has 0 aromatic rings. The minimum atomic E-state index is -0.746. The lowest BCUT2D eigenvalue weighted by Gasteiger charge is -2.61. The van der Waals surface area contributed by atoms with Gasteiger partial charge in [-0.1, -0.05) is 33.6 Å². The second-order valence-electron chi connectivity index (χ2n) is 13.0. The average molecular weight is 435 g/mol. The Morgan fingerprint density at radius 1 is 1.00 bits per heavy atom. The van der Waals surface area contributed by atoms with Gasteiger partial charge in [-0.05, 0) is 99.2 Å². The lowest BCUT2D eigenvalue weighted by Crippen LogP contribution is -2.61. The molecule has 0 heterocycles. The van der Waals surface area contributed by atoms with E-state index in [0.717, 1.165) is 38.5 Å². The van der Waals surface area contributed by atoms with Crippen molar-refractivity contribution in [2.24, 2.45) is 46.3 Å². The molecule has 0 aromatic heterocycles. The molecule has 0 aliphatic heterocycles. The van der Waals surface area contributed by atoms with Crippen molar-refractivity contribution in [1.29, 1.82) is 0 Å². The van der Waals surface area contributed by atoms with E-state index in [2.05, 4.69) is 20.8 Å². The van der Waals surface area contributed by atoms with Crippen molar-refractivity contribution in [3.63, 3.8) is 0 Å². The van der Waals surface area contributed by atoms with Gasteiger partial charge in [0.1, 0.15) is 5.78 Å². The summed E-state index contributed by atoms with van der Waals surface area (Å²) in [7, 11) is 0. The second kappa shape index (κ2) is 8.09. The van der Waals surface area contributed by atoms with Gasteiger partial charge in [0.25, 0.3) is 0 Å². The number of carbonyl (C=O) groups is 1. The van der Waals surface area contributed by atoms with Crippen LogP contribution in [0.2, 0.25) is 0 Å². The van der Waals surface area contributed by atoms with Crippen molar-refractivity contribution in [3.8, 4) is 0 Å². The molecule has 31 heavy (non-hydrogen) atoms. The highest BCUT2D eigenvalue weighted by Gasteiger charge is 2.64. The van der Waals surface area contributed by atoms with Crippen LogP contribution in [0.25, 0.3) is 0 Å². The van der Waals surface area contributed by atoms with Crippen LogP contribution in [-0.4, -0.2) is 38.9 Å². The summed E-state index contributed by atoms with van der Waals surface area (Å²) in [5, 5.41) is 31.0. The smallest absolute Gasteiger partial charge is 0.136 e. The fraction of sp³-hybridized carbons (Fsp3) is 0.963. The van der Waals surface area contributed by atoms with Crippen LogP contribution >= 0.6 is 0 Å². The van der Waals surface area contributed by atoms with Crippen molar-refractivity contribution in [3.05, 3.63) is 0 Å². The van der Waals surface area contributed by atoms with Crippen LogP contribution in [0.5, 0.6) is 0 Å². The molecule has 10 atom stereocenters. The van der Waals surface area contributed by atoms with Crippen LogP contribution < -0.4 is 0 Å². The molecule has 4 heteroatoms. The minimum absolute atomic E-state index is 0.0189. The van der Waals surface area contributed by atoms with E-state index in [0.29, 0.717) is 42.3 Å². The van der Waals surface area contributed by atoms with E-state index in [1.165, 1.54) is 12.8 Å². The first-order chi connectivity index (χ1) is 14.4. The Kier molecular flexibility index (Phi) is 6.19. The van der Waals surface area contributed by atoms with E-state index in [9.17, 15) is 20.1 Å². The van der Waals surface area contributed by atoms with Gasteiger partial charge in [-0.2, -0.15) is 0 Å². The molecule has 4 nitrogen and oxygen atoms in total. The molecule has 178 valence electrons. The van der Waals surface area contributed by atoms with Gasteiger partial charge >= 0.3 is 0 Å². The zero-order valence-electron chi connectivity index (χ0n) is 20.4. The van der Waals surface area contributed by atoms with Gasteiger partial charge in [-0.15, -0.1) is 0 Å². The topological polar surface area (TPSA) is 77.8 Å². The number of carbonyl (C=O) groups excluding carboxylic acids is 1. The quantitative estimate of drug-likeness (QED) is 0.584. The van der Waals surface area contributed by atoms with Crippen LogP contribution in [0.4, 0.5) is 0 Å². The standard InChI is InChI=1S/C27H46O4/c1-16(7-6-12-25(2,3)31)17-8-9-18-23-19(10-13-26(17,18)4)27(5)14-11-21(28)24(30)20(27)15-22(23)29/h16-21,23-24,28,30-31H,6-15H2,1-5H3/t16?,17-,18+,19+,20?,21+,23+,24-,26-,27-/m1/s1. The fourth-order valence-corrected chi connectivity index (χ4v) is 9.00. The molecule has 0 radical (unpaired) electrons. The molecular weight excluding hydrogens is 388 g/mol. The van der Waals surface area contributed by atoms with Crippen molar-refractivity contribution < 1.29 is 20.1 Å². The summed E-state index contributed by atoms with van der Waals surface area (Å²) in [6.45, 7) is 11.0. The largest absolute Gasteiger partial charge is 0.390 e. The van der Waals surface area contributed by atoms with Crippen molar-refractivity contribution in [2.75, 3.05) is 0 Å². The zero-order chi connectivity index (χ0) is 22.8. The number of hydrogen-bond acceptors (Lipinski definition) is 4. The third-order valence-electron chi connectivity index (χ3n) is 10.8. The van der Waals surface area contributed by atoms with Crippen LogP contribution in [0.3, 0.4) is 0 Å². The molecule has 2 unspecified atom stereocenters. The molecule has 4 saturated carbocycles. The number of rotatable bonds is 5. The Morgan fingerprint density at radius 3 is 2.32 bits per heavy atom. The number of aliphatic hydroxyl groups is 3. The molecule has 4 aliphatic rings. The highest BCUT2D eigenvalue weighted by atomic mass is 16.3. The number of aliphatic hydroxyl groups excluding tert-OH is 2. The molecule has 0 aromatic carbocycles. The van der Waals surface area contributed by atoms with E-state index in [1.54, 1.807) is 0 Å². The molecule has 0 amide bonds. The van der Waals surface area contributed by atoms with Gasteiger partial charge < -0.3 is 15.3 Å². The summed E-state index contributed by atoms with van der Waals surface area (Å²) in [4.78, 5) is 13.5. The zero-order valence-corrected chi connectivity index (χ0v) is 20.4. The Hall–Kier alpha value is -0.450. The van der Waals surface area contributed by atoms with Gasteiger partial charge in [0.05, 0.1) is 17.8 Å². The Morgan fingerprint density at radius 2 is 1.65 bits per heavy atom. The maximum absolute atomic E-state index is 13.5. The summed E-state index contributed by atoms with van der Waals surface area (Å²) in [6.07, 6.45) is 8.36.